The molecule has 0 unspecified atom stereocenters. The first kappa shape index (κ1) is 23.9. The molecule has 0 radical (unpaired) electrons. The SMILES string of the molecule is C[C@H](CC(=O)N[C@@H](Cc1ccccc1)C(=O)N[C@@H]1CCCCNC1=O)CC(C)(C)C. The summed E-state index contributed by atoms with van der Waals surface area (Å²) in [6.07, 6.45) is 4.10. The second-order valence-corrected chi connectivity index (χ2v) is 9.73. The molecular weight excluding hydrogens is 378 g/mol. The van der Waals surface area contributed by atoms with Crippen LogP contribution >= 0.6 is 0 Å². The van der Waals surface area contributed by atoms with Crippen molar-refractivity contribution in [1.82, 2.24) is 16.0 Å². The molecule has 2 rings (SSSR count). The Morgan fingerprint density at radius 3 is 2.53 bits per heavy atom. The van der Waals surface area contributed by atoms with E-state index in [1.54, 1.807) is 0 Å². The summed E-state index contributed by atoms with van der Waals surface area (Å²) in [7, 11) is 0. The first-order valence-corrected chi connectivity index (χ1v) is 11.1. The number of rotatable bonds is 8. The van der Waals surface area contributed by atoms with Crippen molar-refractivity contribution >= 4 is 17.7 Å². The lowest BCUT2D eigenvalue weighted by molar-refractivity contribution is -0.132. The minimum absolute atomic E-state index is 0.131. The molecule has 1 aliphatic heterocycles. The molecule has 3 atom stereocenters. The summed E-state index contributed by atoms with van der Waals surface area (Å²) >= 11 is 0. The normalized spacial score (nSPS) is 19.2. The molecule has 6 nitrogen and oxygen atoms in total. The zero-order valence-electron chi connectivity index (χ0n) is 18.8. The zero-order valence-corrected chi connectivity index (χ0v) is 18.8. The molecule has 1 heterocycles. The Morgan fingerprint density at radius 1 is 1.17 bits per heavy atom. The Balaban J connectivity index is 2.04. The summed E-state index contributed by atoms with van der Waals surface area (Å²) in [4.78, 5) is 37.9. The van der Waals surface area contributed by atoms with Gasteiger partial charge in [0.05, 0.1) is 0 Å². The molecule has 3 N–H and O–H groups in total. The highest BCUT2D eigenvalue weighted by molar-refractivity contribution is 5.92. The number of hydrogen-bond donors (Lipinski definition) is 3. The van der Waals surface area contributed by atoms with E-state index in [2.05, 4.69) is 43.6 Å². The van der Waals surface area contributed by atoms with Crippen LogP contribution in [0.3, 0.4) is 0 Å². The Morgan fingerprint density at radius 2 is 1.87 bits per heavy atom. The van der Waals surface area contributed by atoms with Crippen molar-refractivity contribution in [3.05, 3.63) is 35.9 Å². The highest BCUT2D eigenvalue weighted by Gasteiger charge is 2.28. The minimum atomic E-state index is -0.710. The molecule has 0 spiro atoms. The van der Waals surface area contributed by atoms with Crippen LogP contribution in [-0.4, -0.2) is 36.3 Å². The van der Waals surface area contributed by atoms with Crippen molar-refractivity contribution in [2.75, 3.05) is 6.54 Å². The fourth-order valence-electron chi connectivity index (χ4n) is 4.10. The van der Waals surface area contributed by atoms with E-state index >= 15 is 0 Å². The van der Waals surface area contributed by atoms with Gasteiger partial charge < -0.3 is 16.0 Å². The molecule has 6 heteroatoms. The maximum absolute atomic E-state index is 13.0. The molecule has 1 aromatic rings. The number of hydrogen-bond acceptors (Lipinski definition) is 3. The lowest BCUT2D eigenvalue weighted by atomic mass is 9.84. The van der Waals surface area contributed by atoms with Crippen LogP contribution in [0.1, 0.15) is 65.4 Å². The number of carbonyl (C=O) groups excluding carboxylic acids is 3. The molecule has 0 bridgehead atoms. The van der Waals surface area contributed by atoms with Crippen LogP contribution in [0.15, 0.2) is 30.3 Å². The molecule has 166 valence electrons. The summed E-state index contributed by atoms with van der Waals surface area (Å²) in [5.74, 6) is -0.367. The van der Waals surface area contributed by atoms with E-state index in [4.69, 9.17) is 0 Å². The van der Waals surface area contributed by atoms with Crippen LogP contribution in [-0.2, 0) is 20.8 Å². The molecule has 3 amide bonds. The number of carbonyl (C=O) groups is 3. The number of nitrogens with one attached hydrogen (secondary N) is 3. The summed E-state index contributed by atoms with van der Waals surface area (Å²) < 4.78 is 0. The average molecular weight is 416 g/mol. The van der Waals surface area contributed by atoms with Gasteiger partial charge in [0.25, 0.3) is 0 Å². The van der Waals surface area contributed by atoms with Gasteiger partial charge in [-0.15, -0.1) is 0 Å². The summed E-state index contributed by atoms with van der Waals surface area (Å²) in [5.41, 5.74) is 1.11. The predicted molar refractivity (Wildman–Crippen MR) is 119 cm³/mol. The molecule has 1 saturated heterocycles. The Kier molecular flexibility index (Phi) is 8.88. The lowest BCUT2D eigenvalue weighted by Crippen LogP contribution is -2.54. The maximum Gasteiger partial charge on any atom is 0.243 e. The molecule has 30 heavy (non-hydrogen) atoms. The van der Waals surface area contributed by atoms with E-state index in [0.29, 0.717) is 25.8 Å². The average Bonchev–Trinajstić information content (AvgIpc) is 2.84. The largest absolute Gasteiger partial charge is 0.354 e. The highest BCUT2D eigenvalue weighted by atomic mass is 16.2. The van der Waals surface area contributed by atoms with E-state index in [-0.39, 0.29) is 29.1 Å². The summed E-state index contributed by atoms with van der Waals surface area (Å²) in [6, 6.07) is 8.36. The van der Waals surface area contributed by atoms with Gasteiger partial charge in [-0.2, -0.15) is 0 Å². The molecule has 1 aromatic carbocycles. The van der Waals surface area contributed by atoms with E-state index < -0.39 is 12.1 Å². The van der Waals surface area contributed by atoms with Crippen molar-refractivity contribution < 1.29 is 14.4 Å². The zero-order chi connectivity index (χ0) is 22.1. The number of benzene rings is 1. The minimum Gasteiger partial charge on any atom is -0.354 e. The molecule has 1 fully saturated rings. The third-order valence-electron chi connectivity index (χ3n) is 5.28. The third-order valence-corrected chi connectivity index (χ3v) is 5.28. The predicted octanol–water partition coefficient (Wildman–Crippen LogP) is 2.96. The van der Waals surface area contributed by atoms with Gasteiger partial charge in [-0.25, -0.2) is 0 Å². The standard InChI is InChI=1S/C24H37N3O3/c1-17(16-24(2,3)4)14-21(28)26-20(15-18-10-6-5-7-11-18)23(30)27-19-12-8-9-13-25-22(19)29/h5-7,10-11,17,19-20H,8-9,12-16H2,1-4H3,(H,25,29)(H,26,28)(H,27,30)/t17-,19-,20+/m1/s1. The first-order valence-electron chi connectivity index (χ1n) is 11.1. The van der Waals surface area contributed by atoms with Crippen LogP contribution in [0.25, 0.3) is 0 Å². The lowest BCUT2D eigenvalue weighted by Gasteiger charge is -2.25. The van der Waals surface area contributed by atoms with Crippen LogP contribution in [0, 0.1) is 11.3 Å². The smallest absolute Gasteiger partial charge is 0.243 e. The van der Waals surface area contributed by atoms with E-state index in [1.807, 2.05) is 30.3 Å². The van der Waals surface area contributed by atoms with Gasteiger partial charge in [0.2, 0.25) is 17.7 Å². The monoisotopic (exact) mass is 415 g/mol. The van der Waals surface area contributed by atoms with Crippen molar-refractivity contribution in [2.24, 2.45) is 11.3 Å². The van der Waals surface area contributed by atoms with Crippen LogP contribution < -0.4 is 16.0 Å². The summed E-state index contributed by atoms with van der Waals surface area (Å²) in [5, 5.41) is 8.62. The van der Waals surface area contributed by atoms with Gasteiger partial charge in [0, 0.05) is 19.4 Å². The van der Waals surface area contributed by atoms with Gasteiger partial charge in [0.15, 0.2) is 0 Å². The Labute approximate surface area is 180 Å². The van der Waals surface area contributed by atoms with E-state index in [9.17, 15) is 14.4 Å². The molecule has 0 saturated carbocycles. The molecular formula is C24H37N3O3. The van der Waals surface area contributed by atoms with Crippen molar-refractivity contribution in [1.29, 1.82) is 0 Å². The maximum atomic E-state index is 13.0. The Bertz CT molecular complexity index is 712. The fraction of sp³-hybridized carbons (Fsp3) is 0.625. The second kappa shape index (κ2) is 11.1. The van der Waals surface area contributed by atoms with E-state index in [1.165, 1.54) is 0 Å². The van der Waals surface area contributed by atoms with Gasteiger partial charge in [0.1, 0.15) is 12.1 Å². The van der Waals surface area contributed by atoms with E-state index in [0.717, 1.165) is 24.8 Å². The molecule has 0 aromatic heterocycles. The third kappa shape index (κ3) is 8.56. The van der Waals surface area contributed by atoms with Crippen LogP contribution in [0.4, 0.5) is 0 Å². The topological polar surface area (TPSA) is 87.3 Å². The molecule has 0 aliphatic carbocycles. The van der Waals surface area contributed by atoms with Gasteiger partial charge in [-0.1, -0.05) is 58.0 Å². The first-order chi connectivity index (χ1) is 14.1. The van der Waals surface area contributed by atoms with Gasteiger partial charge in [-0.3, -0.25) is 14.4 Å². The van der Waals surface area contributed by atoms with Crippen LogP contribution in [0.5, 0.6) is 0 Å². The summed E-state index contributed by atoms with van der Waals surface area (Å²) in [6.45, 7) is 9.18. The van der Waals surface area contributed by atoms with Crippen LogP contribution in [0.2, 0.25) is 0 Å². The fourth-order valence-corrected chi connectivity index (χ4v) is 4.10. The van der Waals surface area contributed by atoms with Gasteiger partial charge in [-0.05, 0) is 42.6 Å². The van der Waals surface area contributed by atoms with Crippen molar-refractivity contribution in [3.8, 4) is 0 Å². The van der Waals surface area contributed by atoms with Crippen molar-refractivity contribution in [3.63, 3.8) is 0 Å². The highest BCUT2D eigenvalue weighted by Crippen LogP contribution is 2.25. The second-order valence-electron chi connectivity index (χ2n) is 9.73. The van der Waals surface area contributed by atoms with Gasteiger partial charge >= 0.3 is 0 Å². The quantitative estimate of drug-likeness (QED) is 0.610. The Hall–Kier alpha value is -2.37. The molecule has 1 aliphatic rings. The van der Waals surface area contributed by atoms with Crippen molar-refractivity contribution in [2.45, 2.75) is 78.3 Å². The number of amides is 3.